The second-order valence-corrected chi connectivity index (χ2v) is 8.47. The van der Waals surface area contributed by atoms with E-state index in [-0.39, 0.29) is 5.91 Å². The predicted molar refractivity (Wildman–Crippen MR) is 117 cm³/mol. The van der Waals surface area contributed by atoms with Gasteiger partial charge in [0.05, 0.1) is 16.6 Å². The Hall–Kier alpha value is -2.57. The van der Waals surface area contributed by atoms with E-state index >= 15 is 0 Å². The van der Waals surface area contributed by atoms with E-state index in [1.807, 2.05) is 48.5 Å². The van der Waals surface area contributed by atoms with Crippen molar-refractivity contribution in [3.63, 3.8) is 0 Å². The average Bonchev–Trinajstić information content (AvgIpc) is 3.39. The summed E-state index contributed by atoms with van der Waals surface area (Å²) in [6.07, 6.45) is 1.65. The number of carbonyl (C=O) groups is 1. The lowest BCUT2D eigenvalue weighted by molar-refractivity contribution is 0.0950. The van der Waals surface area contributed by atoms with Gasteiger partial charge in [0.2, 0.25) is 0 Å². The normalized spacial score (nSPS) is 11.0. The van der Waals surface area contributed by atoms with Gasteiger partial charge >= 0.3 is 0 Å². The van der Waals surface area contributed by atoms with E-state index in [9.17, 15) is 4.79 Å². The Bertz CT molecular complexity index is 1020. The summed E-state index contributed by atoms with van der Waals surface area (Å²) < 4.78 is 0. The molecule has 0 atom stereocenters. The lowest BCUT2D eigenvalue weighted by atomic mass is 10.2. The lowest BCUT2D eigenvalue weighted by Gasteiger charge is -2.09. The number of aromatic nitrogens is 2. The number of nitrogens with zero attached hydrogens (tertiary/aromatic N) is 1. The van der Waals surface area contributed by atoms with Gasteiger partial charge in [-0.05, 0) is 42.1 Å². The number of hydrogen-bond acceptors (Lipinski definition) is 4. The number of aryl methyl sites for hydroxylation is 1. The molecule has 0 unspecified atom stereocenters. The van der Waals surface area contributed by atoms with Crippen LogP contribution >= 0.6 is 23.1 Å². The number of fused-ring (bicyclic) bond motifs is 1. The zero-order valence-corrected chi connectivity index (χ0v) is 17.0. The van der Waals surface area contributed by atoms with Crippen molar-refractivity contribution in [2.45, 2.75) is 23.5 Å². The van der Waals surface area contributed by atoms with Crippen LogP contribution in [0.3, 0.4) is 0 Å². The van der Waals surface area contributed by atoms with Gasteiger partial charge in [-0.15, -0.1) is 23.1 Å². The molecule has 0 radical (unpaired) electrons. The van der Waals surface area contributed by atoms with Crippen LogP contribution in [0.15, 0.2) is 70.9 Å². The molecule has 142 valence electrons. The number of benzene rings is 2. The zero-order chi connectivity index (χ0) is 19.2. The number of imidazole rings is 1. The van der Waals surface area contributed by atoms with E-state index in [2.05, 4.69) is 32.8 Å². The maximum absolute atomic E-state index is 12.6. The standard InChI is InChI=1S/C22H21N3OS2/c26-22(17-8-1-4-11-20(17)28-15-16-7-6-14-27-16)23-13-5-12-21-24-18-9-2-3-10-19(18)25-21/h1-4,6-11,14H,5,12-13,15H2,(H,23,26)(H,24,25). The molecule has 0 aliphatic carbocycles. The lowest BCUT2D eigenvalue weighted by Crippen LogP contribution is -2.25. The molecule has 0 bridgehead atoms. The van der Waals surface area contributed by atoms with E-state index in [1.54, 1.807) is 23.1 Å². The van der Waals surface area contributed by atoms with Crippen molar-refractivity contribution in [2.24, 2.45) is 0 Å². The van der Waals surface area contributed by atoms with Crippen LogP contribution in [0.4, 0.5) is 0 Å². The molecule has 4 nitrogen and oxygen atoms in total. The maximum atomic E-state index is 12.6. The molecule has 1 amide bonds. The van der Waals surface area contributed by atoms with Crippen LogP contribution in [-0.2, 0) is 12.2 Å². The monoisotopic (exact) mass is 407 g/mol. The van der Waals surface area contributed by atoms with Gasteiger partial charge in [-0.1, -0.05) is 30.3 Å². The van der Waals surface area contributed by atoms with E-state index in [4.69, 9.17) is 0 Å². The number of amides is 1. The predicted octanol–water partition coefficient (Wildman–Crippen LogP) is 5.28. The largest absolute Gasteiger partial charge is 0.352 e. The molecule has 0 spiro atoms. The molecular formula is C22H21N3OS2. The molecule has 0 aliphatic rings. The van der Waals surface area contributed by atoms with E-state index < -0.39 is 0 Å². The zero-order valence-electron chi connectivity index (χ0n) is 15.4. The molecule has 4 aromatic rings. The van der Waals surface area contributed by atoms with Gasteiger partial charge in [0, 0.05) is 28.5 Å². The highest BCUT2D eigenvalue weighted by Crippen LogP contribution is 2.27. The van der Waals surface area contributed by atoms with Crippen molar-refractivity contribution in [2.75, 3.05) is 6.54 Å². The number of thioether (sulfide) groups is 1. The molecule has 0 saturated carbocycles. The Kier molecular flexibility index (Phi) is 6.09. The number of nitrogens with one attached hydrogen (secondary N) is 2. The first-order valence-electron chi connectivity index (χ1n) is 9.25. The minimum absolute atomic E-state index is 0.0149. The minimum atomic E-state index is -0.0149. The second-order valence-electron chi connectivity index (χ2n) is 6.42. The van der Waals surface area contributed by atoms with Crippen LogP contribution in [0.5, 0.6) is 0 Å². The Morgan fingerprint density at radius 1 is 1.07 bits per heavy atom. The van der Waals surface area contributed by atoms with Crippen molar-refractivity contribution in [3.05, 3.63) is 82.3 Å². The van der Waals surface area contributed by atoms with Crippen molar-refractivity contribution in [1.82, 2.24) is 15.3 Å². The fourth-order valence-corrected chi connectivity index (χ4v) is 4.82. The van der Waals surface area contributed by atoms with Gasteiger partial charge in [0.15, 0.2) is 0 Å². The van der Waals surface area contributed by atoms with Crippen molar-refractivity contribution in [1.29, 1.82) is 0 Å². The summed E-state index contributed by atoms with van der Waals surface area (Å²) in [5, 5.41) is 5.13. The van der Waals surface area contributed by atoms with E-state index in [0.29, 0.717) is 6.54 Å². The van der Waals surface area contributed by atoms with Crippen LogP contribution in [-0.4, -0.2) is 22.4 Å². The quantitative estimate of drug-likeness (QED) is 0.309. The van der Waals surface area contributed by atoms with Crippen LogP contribution in [0.25, 0.3) is 11.0 Å². The number of hydrogen-bond donors (Lipinski definition) is 2. The molecule has 0 aliphatic heterocycles. The van der Waals surface area contributed by atoms with Crippen molar-refractivity contribution in [3.8, 4) is 0 Å². The Morgan fingerprint density at radius 2 is 1.93 bits per heavy atom. The van der Waals surface area contributed by atoms with Gasteiger partial charge in [0.25, 0.3) is 5.91 Å². The summed E-state index contributed by atoms with van der Waals surface area (Å²) in [7, 11) is 0. The maximum Gasteiger partial charge on any atom is 0.252 e. The molecule has 6 heteroatoms. The van der Waals surface area contributed by atoms with Gasteiger partial charge in [0.1, 0.15) is 5.82 Å². The third-order valence-electron chi connectivity index (χ3n) is 4.40. The Labute approximate surface area is 172 Å². The molecule has 4 rings (SSSR count). The number of carbonyl (C=O) groups excluding carboxylic acids is 1. The molecule has 2 heterocycles. The number of aromatic amines is 1. The Balaban J connectivity index is 1.30. The minimum Gasteiger partial charge on any atom is -0.352 e. The van der Waals surface area contributed by atoms with Crippen LogP contribution in [0, 0.1) is 0 Å². The first-order valence-corrected chi connectivity index (χ1v) is 11.1. The summed E-state index contributed by atoms with van der Waals surface area (Å²) in [5.74, 6) is 1.83. The first kappa shape index (κ1) is 18.8. The average molecular weight is 408 g/mol. The molecule has 0 fully saturated rings. The summed E-state index contributed by atoms with van der Waals surface area (Å²) >= 11 is 3.45. The first-order chi connectivity index (χ1) is 13.8. The molecule has 2 N–H and O–H groups in total. The molecule has 2 aromatic carbocycles. The number of H-pyrrole nitrogens is 1. The fraction of sp³-hybridized carbons (Fsp3) is 0.182. The topological polar surface area (TPSA) is 57.8 Å². The highest BCUT2D eigenvalue weighted by molar-refractivity contribution is 7.98. The van der Waals surface area contributed by atoms with Gasteiger partial charge in [-0.25, -0.2) is 4.98 Å². The summed E-state index contributed by atoms with van der Waals surface area (Å²) in [6.45, 7) is 0.625. The van der Waals surface area contributed by atoms with E-state index in [0.717, 1.165) is 45.9 Å². The molecular weight excluding hydrogens is 386 g/mol. The summed E-state index contributed by atoms with van der Waals surface area (Å²) in [5.41, 5.74) is 2.78. The van der Waals surface area contributed by atoms with Gasteiger partial charge in [-0.3, -0.25) is 4.79 Å². The van der Waals surface area contributed by atoms with Crippen molar-refractivity contribution >= 4 is 40.0 Å². The third kappa shape index (κ3) is 4.64. The van der Waals surface area contributed by atoms with Crippen LogP contribution in [0.2, 0.25) is 0 Å². The number of para-hydroxylation sites is 2. The molecule has 28 heavy (non-hydrogen) atoms. The Morgan fingerprint density at radius 3 is 2.79 bits per heavy atom. The SMILES string of the molecule is O=C(NCCCc1nc2ccccc2[nH]1)c1ccccc1SCc1cccs1. The third-order valence-corrected chi connectivity index (χ3v) is 6.58. The summed E-state index contributed by atoms with van der Waals surface area (Å²) in [4.78, 5) is 22.9. The number of thiophene rings is 1. The summed E-state index contributed by atoms with van der Waals surface area (Å²) in [6, 6.07) is 20.0. The fourth-order valence-electron chi connectivity index (χ4n) is 3.00. The van der Waals surface area contributed by atoms with Crippen LogP contribution < -0.4 is 5.32 Å². The van der Waals surface area contributed by atoms with Gasteiger partial charge < -0.3 is 10.3 Å². The molecule has 2 aromatic heterocycles. The highest BCUT2D eigenvalue weighted by Gasteiger charge is 2.11. The van der Waals surface area contributed by atoms with Crippen LogP contribution in [0.1, 0.15) is 27.5 Å². The van der Waals surface area contributed by atoms with Crippen molar-refractivity contribution < 1.29 is 4.79 Å². The molecule has 0 saturated heterocycles. The second kappa shape index (κ2) is 9.08. The highest BCUT2D eigenvalue weighted by atomic mass is 32.2. The smallest absolute Gasteiger partial charge is 0.252 e. The van der Waals surface area contributed by atoms with E-state index in [1.165, 1.54) is 4.88 Å². The number of rotatable bonds is 8. The van der Waals surface area contributed by atoms with Gasteiger partial charge in [-0.2, -0.15) is 0 Å².